The zero-order chi connectivity index (χ0) is 17.4. The van der Waals surface area contributed by atoms with Crippen LogP contribution in [-0.2, 0) is 4.74 Å². The van der Waals surface area contributed by atoms with Gasteiger partial charge in [-0.25, -0.2) is 9.78 Å². The van der Waals surface area contributed by atoms with Crippen LogP contribution < -0.4 is 5.32 Å². The Morgan fingerprint density at radius 2 is 2.16 bits per heavy atom. The van der Waals surface area contributed by atoms with Crippen LogP contribution in [0, 0.1) is 5.41 Å². The number of carbonyl (C=O) groups excluding carboxylic acids is 1. The Labute approximate surface area is 152 Å². The molecule has 0 radical (unpaired) electrons. The zero-order valence-corrected chi connectivity index (χ0v) is 15.6. The standard InChI is InChI=1S/C19H25N3O2S/c1-3-24-16-12-15(19(16)10-6-7-11-19)22(2)18(23)21-17-20-13-8-4-5-9-14(13)25-17/h4-5,8-9,15-16H,3,6-7,10-12H2,1-2H3,(H,20,21,23). The van der Waals surface area contributed by atoms with Crippen molar-refractivity contribution in [3.05, 3.63) is 24.3 Å². The van der Waals surface area contributed by atoms with Crippen LogP contribution in [0.1, 0.15) is 39.0 Å². The first kappa shape index (κ1) is 16.8. The number of nitrogens with zero attached hydrogens (tertiary/aromatic N) is 2. The number of rotatable bonds is 4. The van der Waals surface area contributed by atoms with E-state index in [-0.39, 0.29) is 17.5 Å². The van der Waals surface area contributed by atoms with Crippen molar-refractivity contribution in [2.75, 3.05) is 19.0 Å². The fourth-order valence-electron chi connectivity index (χ4n) is 4.64. The molecule has 1 aromatic heterocycles. The Bertz CT molecular complexity index is 736. The lowest BCUT2D eigenvalue weighted by atomic mass is 9.60. The summed E-state index contributed by atoms with van der Waals surface area (Å²) in [6, 6.07) is 8.15. The van der Waals surface area contributed by atoms with Crippen LogP contribution >= 0.6 is 11.3 Å². The SMILES string of the molecule is CCOC1CC(N(C)C(=O)Nc2nc3ccccc3s2)C12CCCC2. The minimum Gasteiger partial charge on any atom is -0.378 e. The summed E-state index contributed by atoms with van der Waals surface area (Å²) in [6.45, 7) is 2.81. The molecule has 2 saturated carbocycles. The number of anilines is 1. The topological polar surface area (TPSA) is 54.5 Å². The van der Waals surface area contributed by atoms with Gasteiger partial charge >= 0.3 is 6.03 Å². The first-order valence-electron chi connectivity index (χ1n) is 9.15. The van der Waals surface area contributed by atoms with Crippen LogP contribution in [-0.4, -0.2) is 41.7 Å². The van der Waals surface area contributed by atoms with Gasteiger partial charge in [-0.1, -0.05) is 36.3 Å². The van der Waals surface area contributed by atoms with Crippen LogP contribution in [0.4, 0.5) is 9.93 Å². The average Bonchev–Trinajstić information content (AvgIpc) is 3.25. The highest BCUT2D eigenvalue weighted by Gasteiger charge is 2.58. The molecule has 2 aliphatic carbocycles. The normalized spacial score (nSPS) is 24.4. The molecule has 0 bridgehead atoms. The first-order chi connectivity index (χ1) is 12.1. The molecule has 1 spiro atoms. The molecule has 134 valence electrons. The maximum atomic E-state index is 12.8. The average molecular weight is 359 g/mol. The summed E-state index contributed by atoms with van der Waals surface area (Å²) >= 11 is 1.52. The highest BCUT2D eigenvalue weighted by Crippen LogP contribution is 2.56. The molecule has 2 amide bonds. The van der Waals surface area contributed by atoms with E-state index in [1.165, 1.54) is 37.0 Å². The first-order valence-corrected chi connectivity index (χ1v) is 9.96. The number of amides is 2. The Balaban J connectivity index is 1.46. The number of ether oxygens (including phenoxy) is 1. The van der Waals surface area contributed by atoms with E-state index in [1.807, 2.05) is 36.2 Å². The van der Waals surface area contributed by atoms with Gasteiger partial charge in [0.05, 0.1) is 16.3 Å². The number of fused-ring (bicyclic) bond motifs is 1. The molecular weight excluding hydrogens is 334 g/mol. The second-order valence-electron chi connectivity index (χ2n) is 7.16. The highest BCUT2D eigenvalue weighted by atomic mass is 32.1. The summed E-state index contributed by atoms with van der Waals surface area (Å²) in [7, 11) is 1.91. The van der Waals surface area contributed by atoms with Gasteiger partial charge in [0.1, 0.15) is 0 Å². The number of benzene rings is 1. The predicted molar refractivity (Wildman–Crippen MR) is 101 cm³/mol. The van der Waals surface area contributed by atoms with Crippen LogP contribution in [0.25, 0.3) is 10.2 Å². The van der Waals surface area contributed by atoms with Crippen molar-refractivity contribution in [2.24, 2.45) is 5.41 Å². The van der Waals surface area contributed by atoms with Gasteiger partial charge in [-0.05, 0) is 38.3 Å². The quantitative estimate of drug-likeness (QED) is 0.874. The predicted octanol–water partition coefficient (Wildman–Crippen LogP) is 4.50. The van der Waals surface area contributed by atoms with E-state index >= 15 is 0 Å². The molecule has 2 aliphatic rings. The fraction of sp³-hybridized carbons (Fsp3) is 0.579. The Hall–Kier alpha value is -1.66. The van der Waals surface area contributed by atoms with Gasteiger partial charge < -0.3 is 9.64 Å². The second kappa shape index (κ2) is 6.57. The van der Waals surface area contributed by atoms with Crippen LogP contribution in [0.3, 0.4) is 0 Å². The maximum absolute atomic E-state index is 12.8. The van der Waals surface area contributed by atoms with Crippen molar-refractivity contribution in [3.8, 4) is 0 Å². The van der Waals surface area contributed by atoms with Gasteiger partial charge in [0.25, 0.3) is 0 Å². The Kier molecular flexibility index (Phi) is 4.41. The van der Waals surface area contributed by atoms with E-state index in [0.29, 0.717) is 11.2 Å². The molecule has 4 rings (SSSR count). The van der Waals surface area contributed by atoms with Gasteiger partial charge in [-0.3, -0.25) is 5.32 Å². The lowest BCUT2D eigenvalue weighted by Gasteiger charge is -2.56. The maximum Gasteiger partial charge on any atom is 0.323 e. The van der Waals surface area contributed by atoms with E-state index in [4.69, 9.17) is 4.74 Å². The van der Waals surface area contributed by atoms with Crippen LogP contribution in [0.5, 0.6) is 0 Å². The van der Waals surface area contributed by atoms with Gasteiger partial charge in [0, 0.05) is 25.1 Å². The third-order valence-electron chi connectivity index (χ3n) is 5.94. The molecule has 0 aliphatic heterocycles. The van der Waals surface area contributed by atoms with E-state index < -0.39 is 0 Å². The number of carbonyl (C=O) groups is 1. The third-order valence-corrected chi connectivity index (χ3v) is 6.89. The van der Waals surface area contributed by atoms with Crippen LogP contribution in [0.2, 0.25) is 0 Å². The van der Waals surface area contributed by atoms with Gasteiger partial charge in [-0.2, -0.15) is 0 Å². The molecule has 25 heavy (non-hydrogen) atoms. The second-order valence-corrected chi connectivity index (χ2v) is 8.19. The van der Waals surface area contributed by atoms with Gasteiger partial charge in [0.15, 0.2) is 5.13 Å². The lowest BCUT2D eigenvalue weighted by Crippen LogP contribution is -2.64. The summed E-state index contributed by atoms with van der Waals surface area (Å²) in [5.74, 6) is 0. The minimum atomic E-state index is -0.0646. The van der Waals surface area contributed by atoms with Crippen molar-refractivity contribution in [1.82, 2.24) is 9.88 Å². The minimum absolute atomic E-state index is 0.0646. The van der Waals surface area contributed by atoms with Crippen molar-refractivity contribution in [1.29, 1.82) is 0 Å². The van der Waals surface area contributed by atoms with Crippen molar-refractivity contribution < 1.29 is 9.53 Å². The molecule has 6 heteroatoms. The number of thiazole rings is 1. The molecule has 0 saturated heterocycles. The summed E-state index contributed by atoms with van der Waals surface area (Å²) in [4.78, 5) is 19.2. The Morgan fingerprint density at radius 3 is 2.88 bits per heavy atom. The summed E-state index contributed by atoms with van der Waals surface area (Å²) in [5, 5.41) is 3.65. The van der Waals surface area contributed by atoms with Crippen LogP contribution in [0.15, 0.2) is 24.3 Å². The molecular formula is C19H25N3O2S. The Morgan fingerprint density at radius 1 is 1.40 bits per heavy atom. The number of para-hydroxylation sites is 1. The number of hydrogen-bond acceptors (Lipinski definition) is 4. The zero-order valence-electron chi connectivity index (χ0n) is 14.8. The van der Waals surface area contributed by atoms with Gasteiger partial charge in [0.2, 0.25) is 0 Å². The molecule has 1 N–H and O–H groups in total. The molecule has 5 nitrogen and oxygen atoms in total. The summed E-state index contributed by atoms with van der Waals surface area (Å²) in [6.07, 6.45) is 6.07. The van der Waals surface area contributed by atoms with Crippen molar-refractivity contribution in [3.63, 3.8) is 0 Å². The largest absolute Gasteiger partial charge is 0.378 e. The summed E-state index contributed by atoms with van der Waals surface area (Å²) in [5.41, 5.74) is 1.09. The molecule has 1 heterocycles. The van der Waals surface area contributed by atoms with Crippen molar-refractivity contribution in [2.45, 2.75) is 51.2 Å². The molecule has 1 aromatic carbocycles. The number of urea groups is 1. The molecule has 2 aromatic rings. The number of hydrogen-bond donors (Lipinski definition) is 1. The third kappa shape index (κ3) is 2.81. The van der Waals surface area contributed by atoms with E-state index in [1.54, 1.807) is 0 Å². The van der Waals surface area contributed by atoms with E-state index in [0.717, 1.165) is 23.2 Å². The molecule has 2 atom stereocenters. The van der Waals surface area contributed by atoms with E-state index in [9.17, 15) is 4.79 Å². The van der Waals surface area contributed by atoms with E-state index in [2.05, 4.69) is 17.2 Å². The number of nitrogens with one attached hydrogen (secondary N) is 1. The lowest BCUT2D eigenvalue weighted by molar-refractivity contribution is -0.150. The van der Waals surface area contributed by atoms with Crippen molar-refractivity contribution >= 4 is 32.7 Å². The molecule has 2 unspecified atom stereocenters. The smallest absolute Gasteiger partial charge is 0.323 e. The monoisotopic (exact) mass is 359 g/mol. The summed E-state index contributed by atoms with van der Waals surface area (Å²) < 4.78 is 7.06. The highest BCUT2D eigenvalue weighted by molar-refractivity contribution is 7.22. The van der Waals surface area contributed by atoms with Gasteiger partial charge in [-0.15, -0.1) is 0 Å². The fourth-order valence-corrected chi connectivity index (χ4v) is 5.50. The molecule has 2 fully saturated rings. The number of aromatic nitrogens is 1.